The second kappa shape index (κ2) is 6.49. The Morgan fingerprint density at radius 3 is 1.95 bits per heavy atom. The van der Waals surface area contributed by atoms with E-state index in [1.165, 1.54) is 0 Å². The Hall–Kier alpha value is -1.53. The summed E-state index contributed by atoms with van der Waals surface area (Å²) in [6.45, 7) is 9.10. The average Bonchev–Trinajstić information content (AvgIpc) is 2.33. The van der Waals surface area contributed by atoms with Gasteiger partial charge in [-0.15, -0.1) is 0 Å². The maximum Gasteiger partial charge on any atom is 0.405 e. The van der Waals surface area contributed by atoms with Crippen molar-refractivity contribution in [2.75, 3.05) is 23.7 Å². The molecule has 0 radical (unpaired) electrons. The van der Waals surface area contributed by atoms with Gasteiger partial charge in [0.25, 0.3) is 0 Å². The number of hydrogen-bond acceptors (Lipinski definition) is 4. The van der Waals surface area contributed by atoms with Crippen LogP contribution in [0.2, 0.25) is 0 Å². The first-order valence-corrected chi connectivity index (χ1v) is 6.98. The average molecular weight is 304 g/mol. The normalized spacial score (nSPS) is 12.4. The van der Waals surface area contributed by atoms with Crippen molar-refractivity contribution in [2.45, 2.75) is 52.6 Å². The molecule has 0 saturated carbocycles. The number of halogens is 3. The van der Waals surface area contributed by atoms with Gasteiger partial charge in [-0.25, -0.2) is 9.97 Å². The van der Waals surface area contributed by atoms with Crippen molar-refractivity contribution in [2.24, 2.45) is 0 Å². The van der Waals surface area contributed by atoms with Crippen molar-refractivity contribution in [1.29, 1.82) is 0 Å². The van der Waals surface area contributed by atoms with Crippen molar-refractivity contribution in [1.82, 2.24) is 9.97 Å². The quantitative estimate of drug-likeness (QED) is 0.867. The molecule has 0 amide bonds. The van der Waals surface area contributed by atoms with Crippen molar-refractivity contribution in [3.63, 3.8) is 0 Å². The summed E-state index contributed by atoms with van der Waals surface area (Å²) in [5.74, 6) is 1.32. The predicted octanol–water partition coefficient (Wildman–Crippen LogP) is 3.88. The number of hydrogen-bond donors (Lipinski definition) is 2. The van der Waals surface area contributed by atoms with Crippen LogP contribution in [0.15, 0.2) is 0 Å². The molecule has 2 N–H and O–H groups in total. The molecule has 1 aromatic rings. The van der Waals surface area contributed by atoms with E-state index in [0.717, 1.165) is 6.42 Å². The molecule has 0 bridgehead atoms. The van der Waals surface area contributed by atoms with E-state index in [1.807, 2.05) is 27.7 Å². The Balaban J connectivity index is 3.15. The van der Waals surface area contributed by atoms with Crippen LogP contribution in [0.3, 0.4) is 0 Å². The first kappa shape index (κ1) is 17.5. The molecule has 0 aliphatic heterocycles. The Bertz CT molecular complexity index is 478. The molecule has 1 heterocycles. The zero-order valence-electron chi connectivity index (χ0n) is 13.1. The van der Waals surface area contributed by atoms with E-state index in [1.54, 1.807) is 6.92 Å². The van der Waals surface area contributed by atoms with Gasteiger partial charge in [-0.05, 0) is 13.3 Å². The fourth-order valence-electron chi connectivity index (χ4n) is 1.62. The molecule has 0 saturated heterocycles. The first-order valence-electron chi connectivity index (χ1n) is 6.98. The van der Waals surface area contributed by atoms with Gasteiger partial charge in [-0.2, -0.15) is 13.2 Å². The van der Waals surface area contributed by atoms with Gasteiger partial charge in [0.2, 0.25) is 0 Å². The van der Waals surface area contributed by atoms with E-state index in [2.05, 4.69) is 20.6 Å². The van der Waals surface area contributed by atoms with Crippen LogP contribution in [0.1, 0.15) is 45.5 Å². The van der Waals surface area contributed by atoms with Crippen LogP contribution in [0.5, 0.6) is 0 Å². The lowest BCUT2D eigenvalue weighted by atomic mass is 9.95. The van der Waals surface area contributed by atoms with Crippen LogP contribution in [0.25, 0.3) is 0 Å². The number of nitrogens with zero attached hydrogens (tertiary/aromatic N) is 2. The number of anilines is 2. The van der Waals surface area contributed by atoms with Crippen molar-refractivity contribution < 1.29 is 13.2 Å². The SMILES string of the molecule is CCCNc1nc(C(C)(C)C)nc(NCC(F)(F)F)c1C. The van der Waals surface area contributed by atoms with E-state index < -0.39 is 12.7 Å². The fourth-order valence-corrected chi connectivity index (χ4v) is 1.62. The van der Waals surface area contributed by atoms with Gasteiger partial charge in [0.1, 0.15) is 24.0 Å². The van der Waals surface area contributed by atoms with Crippen molar-refractivity contribution in [3.05, 3.63) is 11.4 Å². The summed E-state index contributed by atoms with van der Waals surface area (Å²) < 4.78 is 37.2. The van der Waals surface area contributed by atoms with Gasteiger partial charge in [0.15, 0.2) is 0 Å². The molecule has 0 spiro atoms. The monoisotopic (exact) mass is 304 g/mol. The molecule has 1 aromatic heterocycles. The molecule has 0 aliphatic carbocycles. The summed E-state index contributed by atoms with van der Waals surface area (Å²) in [5.41, 5.74) is 0.256. The van der Waals surface area contributed by atoms with Crippen LogP contribution >= 0.6 is 0 Å². The third kappa shape index (κ3) is 5.40. The van der Waals surface area contributed by atoms with E-state index in [0.29, 0.717) is 23.8 Å². The highest BCUT2D eigenvalue weighted by molar-refractivity contribution is 5.57. The number of alkyl halides is 3. The minimum absolute atomic E-state index is 0.228. The van der Waals surface area contributed by atoms with E-state index in [4.69, 9.17) is 0 Å². The van der Waals surface area contributed by atoms with Gasteiger partial charge < -0.3 is 10.6 Å². The Morgan fingerprint density at radius 1 is 1.00 bits per heavy atom. The van der Waals surface area contributed by atoms with Crippen molar-refractivity contribution >= 4 is 11.6 Å². The molecule has 1 rings (SSSR count). The summed E-state index contributed by atoms with van der Waals surface area (Å²) in [7, 11) is 0. The van der Waals surface area contributed by atoms with Crippen LogP contribution in [-0.2, 0) is 5.41 Å². The van der Waals surface area contributed by atoms with Crippen LogP contribution < -0.4 is 10.6 Å². The number of nitrogens with one attached hydrogen (secondary N) is 2. The molecule has 7 heteroatoms. The molecule has 0 aliphatic rings. The lowest BCUT2D eigenvalue weighted by Crippen LogP contribution is -2.25. The van der Waals surface area contributed by atoms with Crippen LogP contribution in [0.4, 0.5) is 24.8 Å². The Morgan fingerprint density at radius 2 is 1.52 bits per heavy atom. The third-order valence-electron chi connectivity index (χ3n) is 2.82. The van der Waals surface area contributed by atoms with Crippen LogP contribution in [-0.4, -0.2) is 29.2 Å². The zero-order valence-corrected chi connectivity index (χ0v) is 13.1. The molecule has 21 heavy (non-hydrogen) atoms. The zero-order chi connectivity index (χ0) is 16.3. The standard InChI is InChI=1S/C14H23F3N4/c1-6-7-18-10-9(2)11(19-8-14(15,16)17)21-12(20-10)13(3,4)5/h6-8H2,1-5H3,(H2,18,19,20,21). The summed E-state index contributed by atoms with van der Waals surface area (Å²) >= 11 is 0. The summed E-state index contributed by atoms with van der Waals surface area (Å²) in [5, 5.41) is 5.51. The Kier molecular flexibility index (Phi) is 5.42. The topological polar surface area (TPSA) is 49.8 Å². The number of rotatable bonds is 5. The lowest BCUT2D eigenvalue weighted by molar-refractivity contribution is -0.115. The van der Waals surface area contributed by atoms with Gasteiger partial charge in [0.05, 0.1) is 0 Å². The van der Waals surface area contributed by atoms with E-state index in [9.17, 15) is 13.2 Å². The smallest absolute Gasteiger partial charge is 0.370 e. The van der Waals surface area contributed by atoms with E-state index >= 15 is 0 Å². The van der Waals surface area contributed by atoms with Gasteiger partial charge in [0, 0.05) is 17.5 Å². The highest BCUT2D eigenvalue weighted by atomic mass is 19.4. The summed E-state index contributed by atoms with van der Waals surface area (Å²) in [6, 6.07) is 0. The van der Waals surface area contributed by atoms with Gasteiger partial charge >= 0.3 is 6.18 Å². The molecular formula is C14H23F3N4. The molecular weight excluding hydrogens is 281 g/mol. The highest BCUT2D eigenvalue weighted by Crippen LogP contribution is 2.27. The Labute approximate surface area is 123 Å². The number of aromatic nitrogens is 2. The minimum atomic E-state index is -4.28. The highest BCUT2D eigenvalue weighted by Gasteiger charge is 2.28. The second-order valence-electron chi connectivity index (χ2n) is 6.01. The first-order chi connectivity index (χ1) is 9.54. The summed E-state index contributed by atoms with van der Waals surface area (Å²) in [6.07, 6.45) is -3.38. The van der Waals surface area contributed by atoms with Gasteiger partial charge in [-0.1, -0.05) is 27.7 Å². The maximum absolute atomic E-state index is 12.4. The fraction of sp³-hybridized carbons (Fsp3) is 0.714. The van der Waals surface area contributed by atoms with E-state index in [-0.39, 0.29) is 11.2 Å². The molecule has 4 nitrogen and oxygen atoms in total. The lowest BCUT2D eigenvalue weighted by Gasteiger charge is -2.21. The maximum atomic E-state index is 12.4. The molecule has 0 unspecified atom stereocenters. The molecule has 0 atom stereocenters. The predicted molar refractivity (Wildman–Crippen MR) is 78.8 cm³/mol. The van der Waals surface area contributed by atoms with Crippen molar-refractivity contribution in [3.8, 4) is 0 Å². The van der Waals surface area contributed by atoms with Gasteiger partial charge in [-0.3, -0.25) is 0 Å². The summed E-state index contributed by atoms with van der Waals surface area (Å²) in [4.78, 5) is 8.70. The molecule has 120 valence electrons. The third-order valence-corrected chi connectivity index (χ3v) is 2.82. The van der Waals surface area contributed by atoms with Crippen LogP contribution in [0, 0.1) is 6.92 Å². The molecule has 0 fully saturated rings. The second-order valence-corrected chi connectivity index (χ2v) is 6.01. The largest absolute Gasteiger partial charge is 0.405 e. The molecule has 0 aromatic carbocycles. The minimum Gasteiger partial charge on any atom is -0.370 e.